The molecule has 0 spiro atoms. The fourth-order valence-electron chi connectivity index (χ4n) is 4.34. The summed E-state index contributed by atoms with van der Waals surface area (Å²) in [6.07, 6.45) is -2.32. The van der Waals surface area contributed by atoms with Crippen LogP contribution < -0.4 is 15.4 Å². The molecule has 3 aromatic rings. The van der Waals surface area contributed by atoms with Crippen molar-refractivity contribution in [3.05, 3.63) is 35.4 Å². The molecule has 4 rings (SSSR count). The maximum Gasteiger partial charge on any atom is 0.393 e. The first-order valence-electron chi connectivity index (χ1n) is 12.7. The molecule has 0 saturated carbocycles. The number of carbonyl (C=O) groups is 2. The van der Waals surface area contributed by atoms with E-state index >= 15 is 0 Å². The van der Waals surface area contributed by atoms with Crippen molar-refractivity contribution < 1.29 is 45.6 Å². The Labute approximate surface area is 235 Å². The van der Waals surface area contributed by atoms with Gasteiger partial charge in [0, 0.05) is 12.7 Å². The van der Waals surface area contributed by atoms with E-state index in [0.29, 0.717) is 5.56 Å². The van der Waals surface area contributed by atoms with Crippen molar-refractivity contribution in [2.24, 2.45) is 5.41 Å². The third kappa shape index (κ3) is 6.52. The van der Waals surface area contributed by atoms with Crippen LogP contribution in [-0.4, -0.2) is 87.8 Å². The van der Waals surface area contributed by atoms with E-state index in [1.165, 1.54) is 37.2 Å². The van der Waals surface area contributed by atoms with Gasteiger partial charge in [-0.3, -0.25) is 4.79 Å². The van der Waals surface area contributed by atoms with Gasteiger partial charge >= 0.3 is 12.2 Å². The summed E-state index contributed by atoms with van der Waals surface area (Å²) >= 11 is 0. The first kappa shape index (κ1) is 30.9. The van der Waals surface area contributed by atoms with E-state index in [2.05, 4.69) is 35.7 Å². The van der Waals surface area contributed by atoms with Crippen LogP contribution in [0.1, 0.15) is 60.5 Å². The SMILES string of the molecule is COC[C@H](c1cnn2cc([C@H](CCC(C)(C)C(F)(F)F)NC(=O)c3nonc3OC)nc2c1)N1CC(F)(F)CNC1=O. The maximum atomic E-state index is 14.1. The van der Waals surface area contributed by atoms with Crippen LogP contribution in [-0.2, 0) is 4.74 Å². The fraction of sp³-hybridized carbons (Fsp3) is 0.583. The number of urea groups is 1. The normalized spacial score (nSPS) is 17.2. The largest absolute Gasteiger partial charge is 0.477 e. The highest BCUT2D eigenvalue weighted by Gasteiger charge is 2.47. The van der Waals surface area contributed by atoms with Crippen LogP contribution >= 0.6 is 0 Å². The van der Waals surface area contributed by atoms with E-state index in [-0.39, 0.29) is 42.4 Å². The summed E-state index contributed by atoms with van der Waals surface area (Å²) in [5.41, 5.74) is -1.74. The van der Waals surface area contributed by atoms with Gasteiger partial charge in [-0.15, -0.1) is 0 Å². The molecule has 42 heavy (non-hydrogen) atoms. The minimum absolute atomic E-state index is 0.131. The van der Waals surface area contributed by atoms with Gasteiger partial charge in [0.2, 0.25) is 5.69 Å². The van der Waals surface area contributed by atoms with Crippen LogP contribution in [0.4, 0.5) is 26.7 Å². The zero-order valence-electron chi connectivity index (χ0n) is 23.0. The van der Waals surface area contributed by atoms with Crippen LogP contribution in [0.15, 0.2) is 23.1 Å². The highest BCUT2D eigenvalue weighted by atomic mass is 19.4. The summed E-state index contributed by atoms with van der Waals surface area (Å²) in [7, 11) is 2.58. The number of nitrogens with one attached hydrogen (secondary N) is 2. The number of halogens is 5. The lowest BCUT2D eigenvalue weighted by Crippen LogP contribution is -2.58. The fourth-order valence-corrected chi connectivity index (χ4v) is 4.34. The maximum absolute atomic E-state index is 14.1. The molecule has 230 valence electrons. The van der Waals surface area contributed by atoms with Crippen LogP contribution in [0.2, 0.25) is 0 Å². The highest BCUT2D eigenvalue weighted by Crippen LogP contribution is 2.42. The number of hydrogen-bond acceptors (Lipinski definition) is 9. The lowest BCUT2D eigenvalue weighted by Gasteiger charge is -2.38. The number of fused-ring (bicyclic) bond motifs is 1. The summed E-state index contributed by atoms with van der Waals surface area (Å²) in [5.74, 6) is -4.22. The van der Waals surface area contributed by atoms with Gasteiger partial charge in [0.05, 0.1) is 62.4 Å². The number of alkyl halides is 5. The zero-order chi connectivity index (χ0) is 30.9. The van der Waals surface area contributed by atoms with E-state index in [9.17, 15) is 31.5 Å². The molecule has 1 aliphatic heterocycles. The molecular formula is C24H29F5N8O5. The Hall–Kier alpha value is -4.09. The van der Waals surface area contributed by atoms with Crippen molar-refractivity contribution in [3.8, 4) is 5.88 Å². The summed E-state index contributed by atoms with van der Waals surface area (Å²) in [4.78, 5) is 30.8. The second-order valence-corrected chi connectivity index (χ2v) is 10.4. The standard InChI is InChI=1S/C24H29F5N8O5/c1-22(2,24(27,28)29)6-5-14(33-19(38)18-20(41-4)35-42-34-18)15-9-37-17(32-15)7-13(8-31-37)16(10-40-3)36-12-23(25,26)11-30-21(36)39/h7-9,14,16H,5-6,10-12H2,1-4H3,(H,30,39)(H,33,38)/t14-,16+/m0/s1. The van der Waals surface area contributed by atoms with E-state index in [0.717, 1.165) is 18.7 Å². The van der Waals surface area contributed by atoms with Crippen LogP contribution in [0.5, 0.6) is 5.88 Å². The molecule has 1 aliphatic rings. The average Bonchev–Trinajstić information content (AvgIpc) is 3.57. The van der Waals surface area contributed by atoms with Crippen molar-refractivity contribution >= 4 is 17.6 Å². The van der Waals surface area contributed by atoms with Gasteiger partial charge in [0.15, 0.2) is 5.65 Å². The predicted octanol–water partition coefficient (Wildman–Crippen LogP) is 3.31. The third-order valence-electron chi connectivity index (χ3n) is 6.96. The topological polar surface area (TPSA) is 149 Å². The monoisotopic (exact) mass is 604 g/mol. The third-order valence-corrected chi connectivity index (χ3v) is 6.96. The molecule has 0 aromatic carbocycles. The number of aromatic nitrogens is 5. The van der Waals surface area contributed by atoms with Gasteiger partial charge in [0.1, 0.15) is 0 Å². The molecular weight excluding hydrogens is 575 g/mol. The molecule has 0 aliphatic carbocycles. The number of nitrogens with zero attached hydrogens (tertiary/aromatic N) is 6. The van der Waals surface area contributed by atoms with E-state index in [1.54, 1.807) is 0 Å². The highest BCUT2D eigenvalue weighted by molar-refractivity contribution is 5.94. The second-order valence-electron chi connectivity index (χ2n) is 10.4. The summed E-state index contributed by atoms with van der Waals surface area (Å²) < 4.78 is 85.0. The Balaban J connectivity index is 1.67. The van der Waals surface area contributed by atoms with Crippen molar-refractivity contribution in [2.45, 2.75) is 50.9 Å². The van der Waals surface area contributed by atoms with Crippen molar-refractivity contribution in [3.63, 3.8) is 0 Å². The van der Waals surface area contributed by atoms with Crippen LogP contribution in [0, 0.1) is 5.41 Å². The smallest absolute Gasteiger partial charge is 0.393 e. The zero-order valence-corrected chi connectivity index (χ0v) is 23.0. The quantitative estimate of drug-likeness (QED) is 0.315. The Morgan fingerprint density at radius 3 is 2.67 bits per heavy atom. The number of methoxy groups -OCH3 is 2. The molecule has 0 radical (unpaired) electrons. The Bertz CT molecular complexity index is 1430. The molecule has 2 N–H and O–H groups in total. The Morgan fingerprint density at radius 2 is 2.00 bits per heavy atom. The number of imidazole rings is 1. The number of rotatable bonds is 11. The Morgan fingerprint density at radius 1 is 1.26 bits per heavy atom. The van der Waals surface area contributed by atoms with Crippen molar-refractivity contribution in [2.75, 3.05) is 33.9 Å². The molecule has 1 saturated heterocycles. The number of ether oxygens (including phenoxy) is 2. The van der Waals surface area contributed by atoms with E-state index in [4.69, 9.17) is 9.47 Å². The number of carbonyl (C=O) groups excluding carboxylic acids is 2. The van der Waals surface area contributed by atoms with Crippen molar-refractivity contribution in [1.82, 2.24) is 40.4 Å². The second kappa shape index (κ2) is 11.7. The van der Waals surface area contributed by atoms with Gasteiger partial charge < -0.3 is 25.0 Å². The molecule has 0 unspecified atom stereocenters. The predicted molar refractivity (Wildman–Crippen MR) is 133 cm³/mol. The van der Waals surface area contributed by atoms with Crippen LogP contribution in [0.25, 0.3) is 5.65 Å². The molecule has 3 aromatic heterocycles. The van der Waals surface area contributed by atoms with Crippen molar-refractivity contribution in [1.29, 1.82) is 0 Å². The van der Waals surface area contributed by atoms with Gasteiger partial charge in [-0.25, -0.2) is 27.7 Å². The van der Waals surface area contributed by atoms with Gasteiger partial charge in [-0.2, -0.15) is 18.3 Å². The molecule has 13 nitrogen and oxygen atoms in total. The summed E-state index contributed by atoms with van der Waals surface area (Å²) in [6.45, 7) is 0.320. The lowest BCUT2D eigenvalue weighted by molar-refractivity contribution is -0.214. The minimum Gasteiger partial charge on any atom is -0.477 e. The molecule has 3 amide bonds. The molecule has 0 bridgehead atoms. The number of hydrogen-bond donors (Lipinski definition) is 2. The van der Waals surface area contributed by atoms with E-state index < -0.39 is 54.6 Å². The summed E-state index contributed by atoms with van der Waals surface area (Å²) in [5, 5.41) is 15.9. The minimum atomic E-state index is -4.51. The average molecular weight is 605 g/mol. The number of amides is 3. The van der Waals surface area contributed by atoms with Gasteiger partial charge in [-0.1, -0.05) is 13.8 Å². The van der Waals surface area contributed by atoms with E-state index in [1.807, 2.05) is 0 Å². The molecule has 1 fully saturated rings. The van der Waals surface area contributed by atoms with Crippen LogP contribution in [0.3, 0.4) is 0 Å². The first-order valence-corrected chi connectivity index (χ1v) is 12.7. The first-order chi connectivity index (χ1) is 19.7. The van der Waals surface area contributed by atoms with Gasteiger partial charge in [-0.05, 0) is 29.2 Å². The molecule has 2 atom stereocenters. The molecule has 18 heteroatoms. The lowest BCUT2D eigenvalue weighted by atomic mass is 9.85. The summed E-state index contributed by atoms with van der Waals surface area (Å²) in [6, 6.07) is -1.22. The molecule has 4 heterocycles. The van der Waals surface area contributed by atoms with Gasteiger partial charge in [0.25, 0.3) is 17.7 Å². The Kier molecular flexibility index (Phi) is 8.56.